The summed E-state index contributed by atoms with van der Waals surface area (Å²) in [6.07, 6.45) is 14.4. The highest BCUT2D eigenvalue weighted by molar-refractivity contribution is 5.65. The normalized spacial score (nSPS) is 11.3. The third-order valence-electron chi connectivity index (χ3n) is 3.56. The number of carboxylic acids is 1. The standard InChI is InChI=1S/C14H31N.C5H11NO2/c1-4-5-6-7-8-9-10-11-12-13-14-15(2)3;1-6(2,3)4-5(7)8/h4-14H2,1-3H3;4H2,1-3H3. The quantitative estimate of drug-likeness (QED) is 0.385. The van der Waals surface area contributed by atoms with Gasteiger partial charge in [0.25, 0.3) is 0 Å². The number of rotatable bonds is 13. The molecule has 0 aliphatic heterocycles. The second-order valence-corrected chi connectivity index (χ2v) is 7.81. The zero-order valence-electron chi connectivity index (χ0n) is 16.7. The van der Waals surface area contributed by atoms with Crippen molar-refractivity contribution in [1.82, 2.24) is 4.90 Å². The first kappa shape index (κ1) is 24.6. The van der Waals surface area contributed by atoms with Crippen molar-refractivity contribution in [2.45, 2.75) is 71.1 Å². The summed E-state index contributed by atoms with van der Waals surface area (Å²) >= 11 is 0. The number of carboxylic acid groups (broad SMARTS) is 1. The third-order valence-corrected chi connectivity index (χ3v) is 3.56. The number of carbonyl (C=O) groups is 1. The SMILES string of the molecule is CCCCCCCCCCCCN(C)C.C[N+](C)(C)CC(=O)[O-]. The lowest BCUT2D eigenvalue weighted by molar-refractivity contribution is -0.864. The van der Waals surface area contributed by atoms with Gasteiger partial charge in [0.2, 0.25) is 0 Å². The number of nitrogens with zero attached hydrogens (tertiary/aromatic N) is 2. The molecule has 0 rings (SSSR count). The van der Waals surface area contributed by atoms with Crippen LogP contribution in [0.3, 0.4) is 0 Å². The first-order chi connectivity index (χ1) is 10.7. The summed E-state index contributed by atoms with van der Waals surface area (Å²) < 4.78 is 0.419. The molecule has 0 amide bonds. The van der Waals surface area contributed by atoms with Gasteiger partial charge < -0.3 is 19.3 Å². The maximum atomic E-state index is 9.89. The Morgan fingerprint density at radius 3 is 1.48 bits per heavy atom. The van der Waals surface area contributed by atoms with Crippen LogP contribution < -0.4 is 5.11 Å². The molecule has 0 aromatic rings. The van der Waals surface area contributed by atoms with E-state index in [1.807, 2.05) is 0 Å². The molecular formula is C19H42N2O2. The molecule has 0 aromatic heterocycles. The summed E-state index contributed by atoms with van der Waals surface area (Å²) in [5.74, 6) is -1.00. The van der Waals surface area contributed by atoms with Gasteiger partial charge in [-0.3, -0.25) is 0 Å². The summed E-state index contributed by atoms with van der Waals surface area (Å²) in [6.45, 7) is 3.61. The van der Waals surface area contributed by atoms with Crippen LogP contribution in [-0.4, -0.2) is 63.7 Å². The van der Waals surface area contributed by atoms with Crippen molar-refractivity contribution in [3.8, 4) is 0 Å². The van der Waals surface area contributed by atoms with Gasteiger partial charge in [-0.15, -0.1) is 0 Å². The van der Waals surface area contributed by atoms with Gasteiger partial charge >= 0.3 is 0 Å². The minimum Gasteiger partial charge on any atom is -0.544 e. The van der Waals surface area contributed by atoms with Crippen LogP contribution >= 0.6 is 0 Å². The molecule has 0 heterocycles. The first-order valence-corrected chi connectivity index (χ1v) is 9.34. The van der Waals surface area contributed by atoms with Crippen molar-refractivity contribution < 1.29 is 14.4 Å². The number of quaternary nitrogens is 1. The van der Waals surface area contributed by atoms with Crippen LogP contribution in [0.1, 0.15) is 71.1 Å². The number of unbranched alkanes of at least 4 members (excludes halogenated alkanes) is 9. The Morgan fingerprint density at radius 2 is 1.22 bits per heavy atom. The molecule has 0 radical (unpaired) electrons. The molecule has 0 N–H and O–H groups in total. The molecule has 140 valence electrons. The molecule has 4 heteroatoms. The molecular weight excluding hydrogens is 288 g/mol. The summed E-state index contributed by atoms with van der Waals surface area (Å²) in [6, 6.07) is 0. The van der Waals surface area contributed by atoms with E-state index in [9.17, 15) is 9.90 Å². The van der Waals surface area contributed by atoms with Gasteiger partial charge in [0, 0.05) is 0 Å². The van der Waals surface area contributed by atoms with Crippen LogP contribution in [0.4, 0.5) is 0 Å². The van der Waals surface area contributed by atoms with Gasteiger partial charge in [-0.1, -0.05) is 64.7 Å². The molecule has 0 atom stereocenters. The maximum absolute atomic E-state index is 9.89. The monoisotopic (exact) mass is 330 g/mol. The molecule has 0 saturated heterocycles. The summed E-state index contributed by atoms with van der Waals surface area (Å²) in [4.78, 5) is 12.2. The number of aliphatic carboxylic acids is 1. The number of carbonyl (C=O) groups excluding carboxylic acids is 1. The average Bonchev–Trinajstić information content (AvgIpc) is 2.38. The molecule has 0 spiro atoms. The fraction of sp³-hybridized carbons (Fsp3) is 0.947. The Hall–Kier alpha value is -0.610. The van der Waals surface area contributed by atoms with E-state index in [1.54, 1.807) is 21.1 Å². The smallest absolute Gasteiger partial charge is 0.118 e. The van der Waals surface area contributed by atoms with Crippen LogP contribution in [0.2, 0.25) is 0 Å². The van der Waals surface area contributed by atoms with Gasteiger partial charge in [-0.05, 0) is 27.1 Å². The predicted molar refractivity (Wildman–Crippen MR) is 98.3 cm³/mol. The molecule has 0 unspecified atom stereocenters. The topological polar surface area (TPSA) is 43.4 Å². The largest absolute Gasteiger partial charge is 0.544 e. The second kappa shape index (κ2) is 16.3. The van der Waals surface area contributed by atoms with Crippen molar-refractivity contribution in [3.05, 3.63) is 0 Å². The van der Waals surface area contributed by atoms with Gasteiger partial charge in [0.05, 0.1) is 27.1 Å². The Morgan fingerprint density at radius 1 is 0.826 bits per heavy atom. The average molecular weight is 331 g/mol. The van der Waals surface area contributed by atoms with Crippen molar-refractivity contribution in [2.75, 3.05) is 48.3 Å². The van der Waals surface area contributed by atoms with Crippen molar-refractivity contribution in [3.63, 3.8) is 0 Å². The predicted octanol–water partition coefficient (Wildman–Crippen LogP) is 2.91. The highest BCUT2D eigenvalue weighted by atomic mass is 16.4. The fourth-order valence-corrected chi connectivity index (χ4v) is 2.30. The molecule has 4 nitrogen and oxygen atoms in total. The summed E-state index contributed by atoms with van der Waals surface area (Å²) in [7, 11) is 9.73. The van der Waals surface area contributed by atoms with E-state index in [-0.39, 0.29) is 6.54 Å². The molecule has 0 aliphatic carbocycles. The van der Waals surface area contributed by atoms with Crippen molar-refractivity contribution in [1.29, 1.82) is 0 Å². The van der Waals surface area contributed by atoms with Crippen LogP contribution in [0.25, 0.3) is 0 Å². The number of likely N-dealkylation sites (N-methyl/N-ethyl adjacent to an activating group) is 1. The Kier molecular flexibility index (Phi) is 17.4. The van der Waals surface area contributed by atoms with Crippen molar-refractivity contribution >= 4 is 5.97 Å². The Bertz CT molecular complexity index is 261. The molecule has 0 fully saturated rings. The maximum Gasteiger partial charge on any atom is 0.118 e. The van der Waals surface area contributed by atoms with E-state index in [2.05, 4.69) is 25.9 Å². The Labute approximate surface area is 145 Å². The van der Waals surface area contributed by atoms with Crippen LogP contribution in [0.5, 0.6) is 0 Å². The van der Waals surface area contributed by atoms with Gasteiger partial charge in [0.1, 0.15) is 6.54 Å². The molecule has 23 heavy (non-hydrogen) atoms. The van der Waals surface area contributed by atoms with E-state index < -0.39 is 5.97 Å². The highest BCUT2D eigenvalue weighted by Gasteiger charge is 2.04. The second-order valence-electron chi connectivity index (χ2n) is 7.81. The van der Waals surface area contributed by atoms with Crippen molar-refractivity contribution in [2.24, 2.45) is 0 Å². The van der Waals surface area contributed by atoms with E-state index in [1.165, 1.54) is 70.8 Å². The fourth-order valence-electron chi connectivity index (χ4n) is 2.30. The van der Waals surface area contributed by atoms with Gasteiger partial charge in [-0.2, -0.15) is 0 Å². The summed E-state index contributed by atoms with van der Waals surface area (Å²) in [5, 5.41) is 9.89. The lowest BCUT2D eigenvalue weighted by Crippen LogP contribution is -2.45. The molecule has 0 aliphatic rings. The van der Waals surface area contributed by atoms with E-state index in [0.717, 1.165) is 0 Å². The minimum atomic E-state index is -1.00. The minimum absolute atomic E-state index is 0.0694. The van der Waals surface area contributed by atoms with Gasteiger partial charge in [0.15, 0.2) is 0 Å². The van der Waals surface area contributed by atoms with E-state index in [0.29, 0.717) is 4.48 Å². The molecule has 0 aromatic carbocycles. The lowest BCUT2D eigenvalue weighted by Gasteiger charge is -2.23. The third kappa shape index (κ3) is 29.9. The zero-order chi connectivity index (χ0) is 18.1. The zero-order valence-corrected chi connectivity index (χ0v) is 16.7. The summed E-state index contributed by atoms with van der Waals surface area (Å²) in [5.41, 5.74) is 0. The highest BCUT2D eigenvalue weighted by Crippen LogP contribution is 2.10. The molecule has 0 saturated carbocycles. The number of hydrogen-bond donors (Lipinski definition) is 0. The lowest BCUT2D eigenvalue weighted by atomic mass is 10.1. The Balaban J connectivity index is 0. The molecule has 0 bridgehead atoms. The van der Waals surface area contributed by atoms with E-state index in [4.69, 9.17) is 0 Å². The van der Waals surface area contributed by atoms with E-state index >= 15 is 0 Å². The van der Waals surface area contributed by atoms with Crippen LogP contribution in [0, 0.1) is 0 Å². The van der Waals surface area contributed by atoms with Crippen LogP contribution in [0.15, 0.2) is 0 Å². The van der Waals surface area contributed by atoms with Gasteiger partial charge in [-0.25, -0.2) is 0 Å². The first-order valence-electron chi connectivity index (χ1n) is 9.34. The number of hydrogen-bond acceptors (Lipinski definition) is 3. The van der Waals surface area contributed by atoms with Crippen LogP contribution in [-0.2, 0) is 4.79 Å².